The minimum Gasteiger partial charge on any atom is -0.481 e. The number of guanidine groups is 1. The molecule has 0 aliphatic heterocycles. The van der Waals surface area contributed by atoms with Crippen LogP contribution in [0.25, 0.3) is 0 Å². The Morgan fingerprint density at radius 1 is 1.38 bits per heavy atom. The normalized spacial score (nSPS) is 16.1. The fourth-order valence-electron chi connectivity index (χ4n) is 3.41. The van der Waals surface area contributed by atoms with E-state index in [9.17, 15) is 0 Å². The van der Waals surface area contributed by atoms with Gasteiger partial charge in [0.1, 0.15) is 0 Å². The van der Waals surface area contributed by atoms with Gasteiger partial charge in [-0.1, -0.05) is 26.3 Å². The topological polar surface area (TPSA) is 58.5 Å². The van der Waals surface area contributed by atoms with Crippen molar-refractivity contribution in [3.05, 3.63) is 23.9 Å². The molecule has 0 spiro atoms. The smallest absolute Gasteiger partial charge is 0.218 e. The van der Waals surface area contributed by atoms with Crippen molar-refractivity contribution < 1.29 is 4.74 Å². The van der Waals surface area contributed by atoms with Gasteiger partial charge < -0.3 is 15.4 Å². The van der Waals surface area contributed by atoms with E-state index in [1.165, 1.54) is 25.7 Å². The number of pyridine rings is 1. The third-order valence-corrected chi connectivity index (χ3v) is 4.60. The molecule has 2 rings (SSSR count). The quantitative estimate of drug-likeness (QED) is 0.382. The second kappa shape index (κ2) is 10.1. The molecule has 6 heteroatoms. The molecule has 0 radical (unpaired) electrons. The zero-order chi connectivity index (χ0) is 16.7. The Hall–Kier alpha value is -1.05. The van der Waals surface area contributed by atoms with E-state index in [0.29, 0.717) is 17.8 Å². The van der Waals surface area contributed by atoms with Gasteiger partial charge in [0, 0.05) is 31.9 Å². The Morgan fingerprint density at radius 3 is 2.67 bits per heavy atom. The molecule has 1 fully saturated rings. The lowest BCUT2D eigenvalue weighted by Crippen LogP contribution is -2.46. The summed E-state index contributed by atoms with van der Waals surface area (Å²) in [6.07, 6.45) is 7.03. The summed E-state index contributed by atoms with van der Waals surface area (Å²) in [4.78, 5) is 8.55. The first-order valence-corrected chi connectivity index (χ1v) is 8.51. The molecule has 1 heterocycles. The molecule has 2 N–H and O–H groups in total. The minimum absolute atomic E-state index is 0. The Kier molecular flexibility index (Phi) is 8.80. The maximum atomic E-state index is 5.28. The maximum absolute atomic E-state index is 5.28. The molecule has 0 atom stereocenters. The standard InChI is InChI=1S/C18H30N4O.HI/c1-14(2)11-18(8-6-9-18)13-22-17(19-3)21-12-15-7-5-10-20-16(15)23-4;/h5,7,10,14H,6,8-9,11-13H2,1-4H3,(H2,19,21,22);1H. The van der Waals surface area contributed by atoms with Gasteiger partial charge in [0.2, 0.25) is 5.88 Å². The van der Waals surface area contributed by atoms with Crippen LogP contribution >= 0.6 is 24.0 Å². The van der Waals surface area contributed by atoms with Crippen molar-refractivity contribution in [2.75, 3.05) is 20.7 Å². The summed E-state index contributed by atoms with van der Waals surface area (Å²) in [6.45, 7) is 6.26. The highest BCUT2D eigenvalue weighted by molar-refractivity contribution is 14.0. The Bertz CT molecular complexity index is 530. The number of methoxy groups -OCH3 is 1. The first-order chi connectivity index (χ1) is 11.1. The molecule has 0 aromatic carbocycles. The number of nitrogens with one attached hydrogen (secondary N) is 2. The Balaban J connectivity index is 0.00000288. The average molecular weight is 446 g/mol. The largest absolute Gasteiger partial charge is 0.481 e. The molecule has 0 unspecified atom stereocenters. The van der Waals surface area contributed by atoms with Crippen molar-refractivity contribution >= 4 is 29.9 Å². The van der Waals surface area contributed by atoms with Crippen molar-refractivity contribution in [2.45, 2.75) is 46.1 Å². The molecule has 1 aromatic heterocycles. The van der Waals surface area contributed by atoms with Gasteiger partial charge in [-0.05, 0) is 36.7 Å². The van der Waals surface area contributed by atoms with Crippen molar-refractivity contribution in [1.82, 2.24) is 15.6 Å². The van der Waals surface area contributed by atoms with Crippen LogP contribution in [0.2, 0.25) is 0 Å². The lowest BCUT2D eigenvalue weighted by molar-refractivity contribution is 0.104. The van der Waals surface area contributed by atoms with Gasteiger partial charge in [-0.3, -0.25) is 4.99 Å². The van der Waals surface area contributed by atoms with E-state index in [-0.39, 0.29) is 24.0 Å². The second-order valence-corrected chi connectivity index (χ2v) is 6.90. The van der Waals surface area contributed by atoms with Crippen LogP contribution in [0.1, 0.15) is 45.1 Å². The Morgan fingerprint density at radius 2 is 2.12 bits per heavy atom. The number of rotatable bonds is 7. The number of hydrogen-bond donors (Lipinski definition) is 2. The summed E-state index contributed by atoms with van der Waals surface area (Å²) in [5.74, 6) is 2.24. The summed E-state index contributed by atoms with van der Waals surface area (Å²) in [5.41, 5.74) is 1.48. The van der Waals surface area contributed by atoms with Crippen molar-refractivity contribution in [1.29, 1.82) is 0 Å². The average Bonchev–Trinajstić information content (AvgIpc) is 2.52. The van der Waals surface area contributed by atoms with E-state index < -0.39 is 0 Å². The second-order valence-electron chi connectivity index (χ2n) is 6.90. The summed E-state index contributed by atoms with van der Waals surface area (Å²) in [5, 5.41) is 6.86. The van der Waals surface area contributed by atoms with Crippen LogP contribution in [0.15, 0.2) is 23.3 Å². The molecular formula is C18H31IN4O. The molecule has 1 aliphatic rings. The molecule has 24 heavy (non-hydrogen) atoms. The number of aromatic nitrogens is 1. The highest BCUT2D eigenvalue weighted by atomic mass is 127. The number of halogens is 1. The van der Waals surface area contributed by atoms with Gasteiger partial charge in [-0.2, -0.15) is 0 Å². The highest BCUT2D eigenvalue weighted by Gasteiger charge is 2.37. The first kappa shape index (κ1) is 21.0. The van der Waals surface area contributed by atoms with Crippen LogP contribution in [0.3, 0.4) is 0 Å². The lowest BCUT2D eigenvalue weighted by Gasteiger charge is -2.43. The molecule has 0 saturated heterocycles. The third-order valence-electron chi connectivity index (χ3n) is 4.60. The van der Waals surface area contributed by atoms with Crippen LogP contribution in [-0.2, 0) is 6.54 Å². The summed E-state index contributed by atoms with van der Waals surface area (Å²) < 4.78 is 5.28. The number of ether oxygens (including phenoxy) is 1. The first-order valence-electron chi connectivity index (χ1n) is 8.51. The van der Waals surface area contributed by atoms with Crippen molar-refractivity contribution in [3.8, 4) is 5.88 Å². The van der Waals surface area contributed by atoms with Gasteiger partial charge in [-0.15, -0.1) is 24.0 Å². The molecular weight excluding hydrogens is 415 g/mol. The highest BCUT2D eigenvalue weighted by Crippen LogP contribution is 2.45. The predicted molar refractivity (Wildman–Crippen MR) is 110 cm³/mol. The van der Waals surface area contributed by atoms with E-state index in [1.54, 1.807) is 13.3 Å². The Labute approximate surface area is 163 Å². The van der Waals surface area contributed by atoms with Crippen LogP contribution < -0.4 is 15.4 Å². The van der Waals surface area contributed by atoms with E-state index in [4.69, 9.17) is 4.74 Å². The van der Waals surface area contributed by atoms with Crippen LogP contribution in [0.4, 0.5) is 0 Å². The summed E-state index contributed by atoms with van der Waals surface area (Å²) in [6, 6.07) is 3.93. The van der Waals surface area contributed by atoms with Gasteiger partial charge >= 0.3 is 0 Å². The number of aliphatic imine (C=N–C) groups is 1. The van der Waals surface area contributed by atoms with Crippen molar-refractivity contribution in [3.63, 3.8) is 0 Å². The molecule has 1 aliphatic carbocycles. The fraction of sp³-hybridized carbons (Fsp3) is 0.667. The van der Waals surface area contributed by atoms with E-state index in [2.05, 4.69) is 34.5 Å². The molecule has 136 valence electrons. The minimum atomic E-state index is 0. The zero-order valence-corrected chi connectivity index (χ0v) is 17.6. The molecule has 0 amide bonds. The zero-order valence-electron chi connectivity index (χ0n) is 15.3. The van der Waals surface area contributed by atoms with Gasteiger partial charge in [0.25, 0.3) is 0 Å². The monoisotopic (exact) mass is 446 g/mol. The maximum Gasteiger partial charge on any atom is 0.218 e. The van der Waals surface area contributed by atoms with Crippen LogP contribution in [0.5, 0.6) is 5.88 Å². The van der Waals surface area contributed by atoms with Crippen molar-refractivity contribution in [2.24, 2.45) is 16.3 Å². The third kappa shape index (κ3) is 5.79. The summed E-state index contributed by atoms with van der Waals surface area (Å²) in [7, 11) is 3.46. The van der Waals surface area contributed by atoms with Crippen LogP contribution in [0, 0.1) is 11.3 Å². The van der Waals surface area contributed by atoms with Gasteiger partial charge in [0.05, 0.1) is 7.11 Å². The fourth-order valence-corrected chi connectivity index (χ4v) is 3.41. The predicted octanol–water partition coefficient (Wildman–Crippen LogP) is 3.59. The van der Waals surface area contributed by atoms with E-state index in [1.807, 2.05) is 19.2 Å². The van der Waals surface area contributed by atoms with E-state index >= 15 is 0 Å². The van der Waals surface area contributed by atoms with Gasteiger partial charge in [-0.25, -0.2) is 4.98 Å². The van der Waals surface area contributed by atoms with E-state index in [0.717, 1.165) is 24.0 Å². The molecule has 0 bridgehead atoms. The lowest BCUT2D eigenvalue weighted by atomic mass is 9.64. The molecule has 1 aromatic rings. The van der Waals surface area contributed by atoms with Crippen LogP contribution in [-0.4, -0.2) is 31.6 Å². The SMILES string of the molecule is CN=C(NCc1cccnc1OC)NCC1(CC(C)C)CCC1.I. The van der Waals surface area contributed by atoms with Gasteiger partial charge in [0.15, 0.2) is 5.96 Å². The number of hydrogen-bond acceptors (Lipinski definition) is 3. The number of nitrogens with zero attached hydrogens (tertiary/aromatic N) is 2. The summed E-state index contributed by atoms with van der Waals surface area (Å²) >= 11 is 0. The molecule has 5 nitrogen and oxygen atoms in total. The molecule has 1 saturated carbocycles.